The zero-order valence-electron chi connectivity index (χ0n) is 48.2. The Bertz CT molecular complexity index is 1380. The van der Waals surface area contributed by atoms with Gasteiger partial charge in [0.25, 0.3) is 0 Å². The van der Waals surface area contributed by atoms with Crippen molar-refractivity contribution < 1.29 is 37.3 Å². The molecule has 0 saturated heterocycles. The van der Waals surface area contributed by atoms with Crippen LogP contribution in [-0.2, 0) is 27.9 Å². The summed E-state index contributed by atoms with van der Waals surface area (Å²) in [5, 5.41) is 3.04. The Morgan fingerprint density at radius 1 is 0.486 bits per heavy atom. The minimum Gasteiger partial charge on any atom is -0.456 e. The van der Waals surface area contributed by atoms with E-state index in [0.29, 0.717) is 23.9 Å². The molecule has 72 heavy (non-hydrogen) atoms. The molecule has 0 radical (unpaired) electrons. The average molecular weight is 1030 g/mol. The summed E-state index contributed by atoms with van der Waals surface area (Å²) in [4.78, 5) is 37.6. The van der Waals surface area contributed by atoms with Crippen LogP contribution in [0.25, 0.3) is 0 Å². The molecule has 10 heteroatoms. The summed E-state index contributed by atoms with van der Waals surface area (Å²) >= 11 is 0. The number of likely N-dealkylation sites (N-methyl/N-ethyl adjacent to an activating group) is 1. The molecule has 0 aliphatic heterocycles. The van der Waals surface area contributed by atoms with E-state index in [1.165, 1.54) is 193 Å². The van der Waals surface area contributed by atoms with E-state index in [0.717, 1.165) is 51.4 Å². The minimum absolute atomic E-state index is 0.0331. The maximum Gasteiger partial charge on any atom is 0.472 e. The number of ether oxygens (including phenoxy) is 1. The molecule has 9 nitrogen and oxygen atoms in total. The van der Waals surface area contributed by atoms with Crippen molar-refractivity contribution in [2.45, 2.75) is 296 Å². The number of esters is 1. The average Bonchev–Trinajstić information content (AvgIpc) is 3.34. The van der Waals surface area contributed by atoms with E-state index in [2.05, 4.69) is 56.5 Å². The van der Waals surface area contributed by atoms with Crippen LogP contribution in [0.2, 0.25) is 0 Å². The predicted octanol–water partition coefficient (Wildman–Crippen LogP) is 18.5. The Morgan fingerprint density at radius 2 is 0.861 bits per heavy atom. The van der Waals surface area contributed by atoms with E-state index in [9.17, 15) is 19.0 Å². The van der Waals surface area contributed by atoms with Crippen molar-refractivity contribution in [3.8, 4) is 0 Å². The second-order valence-corrected chi connectivity index (χ2v) is 23.3. The number of hydrogen-bond acceptors (Lipinski definition) is 6. The van der Waals surface area contributed by atoms with E-state index in [4.69, 9.17) is 13.8 Å². The molecule has 422 valence electrons. The Morgan fingerprint density at radius 3 is 1.29 bits per heavy atom. The van der Waals surface area contributed by atoms with E-state index in [1.54, 1.807) is 0 Å². The first-order chi connectivity index (χ1) is 34.9. The maximum atomic E-state index is 13.5. The predicted molar refractivity (Wildman–Crippen MR) is 309 cm³/mol. The highest BCUT2D eigenvalue weighted by molar-refractivity contribution is 7.47. The molecule has 0 aromatic carbocycles. The standard InChI is InChI=1S/C62H117N2O7P/c1-7-10-13-16-19-22-25-28-29-30-31-32-33-34-35-37-39-42-45-48-51-54-61(65)63-59(58-70-72(67,68)69-57-56-64(4,5)6)60(53-50-47-44-41-38-27-24-21-18-15-12-9-3)71-62(66)55-52-49-46-43-40-36-26-23-20-17-14-11-8-2/h28-29,36,40,46,49-50,53,59-60H,7-27,30-35,37-39,41-45,47-48,51-52,54-58H2,1-6H3,(H-,63,65,67,68)/p+1/b29-28+,40-36-,49-46+,53-50-. The number of hydrogen-bond donors (Lipinski definition) is 2. The Labute approximate surface area is 446 Å². The van der Waals surface area contributed by atoms with Crippen molar-refractivity contribution in [1.29, 1.82) is 0 Å². The highest BCUT2D eigenvalue weighted by Gasteiger charge is 2.30. The van der Waals surface area contributed by atoms with E-state index in [-0.39, 0.29) is 31.5 Å². The van der Waals surface area contributed by atoms with Gasteiger partial charge in [-0.1, -0.05) is 243 Å². The monoisotopic (exact) mass is 1030 g/mol. The Kier molecular flexibility index (Phi) is 50.9. The summed E-state index contributed by atoms with van der Waals surface area (Å²) in [6.07, 6.45) is 64.1. The number of carbonyl (C=O) groups is 2. The first-order valence-corrected chi connectivity index (χ1v) is 32.0. The molecule has 2 N–H and O–H groups in total. The third-order valence-corrected chi connectivity index (χ3v) is 14.5. The van der Waals surface area contributed by atoms with Crippen LogP contribution in [0.15, 0.2) is 48.6 Å². The second-order valence-electron chi connectivity index (χ2n) is 21.9. The van der Waals surface area contributed by atoms with E-state index in [1.807, 2.05) is 39.4 Å². The fraction of sp³-hybridized carbons (Fsp3) is 0.839. The molecule has 0 rings (SSSR count). The number of phosphoric ester groups is 1. The number of unbranched alkanes of at least 4 members (excludes halogenated alkanes) is 33. The number of carbonyl (C=O) groups excluding carboxylic acids is 2. The van der Waals surface area contributed by atoms with Gasteiger partial charge < -0.3 is 19.4 Å². The van der Waals surface area contributed by atoms with Crippen LogP contribution in [0.4, 0.5) is 0 Å². The van der Waals surface area contributed by atoms with Crippen LogP contribution in [0.3, 0.4) is 0 Å². The van der Waals surface area contributed by atoms with Crippen molar-refractivity contribution in [2.24, 2.45) is 0 Å². The highest BCUT2D eigenvalue weighted by atomic mass is 31.2. The molecule has 0 aliphatic rings. The number of quaternary nitrogens is 1. The topological polar surface area (TPSA) is 111 Å². The third kappa shape index (κ3) is 52.8. The molecular weight excluding hydrogens is 916 g/mol. The van der Waals surface area contributed by atoms with Crippen molar-refractivity contribution in [1.82, 2.24) is 5.32 Å². The second kappa shape index (κ2) is 52.4. The summed E-state index contributed by atoms with van der Waals surface area (Å²) in [5.74, 6) is -0.577. The Balaban J connectivity index is 5.25. The zero-order chi connectivity index (χ0) is 52.9. The van der Waals surface area contributed by atoms with Gasteiger partial charge >= 0.3 is 13.8 Å². The summed E-state index contributed by atoms with van der Waals surface area (Å²) in [6.45, 7) is 6.98. The number of nitrogens with one attached hydrogen (secondary N) is 1. The largest absolute Gasteiger partial charge is 0.472 e. The SMILES string of the molecule is CCCCCCCC/C=C\C/C=C/CCC(=O)OC(/C=C\CCCCCCCCCCCC)C(COP(=O)(O)OCC[N+](C)(C)C)NC(=O)CCCCCCCCCCCCC/C=C/CCCCCCCC. The molecule has 0 heterocycles. The summed E-state index contributed by atoms with van der Waals surface area (Å²) in [6, 6.07) is -0.869. The minimum atomic E-state index is -4.45. The molecule has 3 atom stereocenters. The molecule has 0 aliphatic carbocycles. The van der Waals surface area contributed by atoms with Gasteiger partial charge in [-0.25, -0.2) is 4.57 Å². The molecule has 0 aromatic rings. The van der Waals surface area contributed by atoms with Gasteiger partial charge in [0, 0.05) is 12.8 Å². The molecule has 0 bridgehead atoms. The van der Waals surface area contributed by atoms with E-state index < -0.39 is 20.0 Å². The van der Waals surface area contributed by atoms with Gasteiger partial charge in [-0.3, -0.25) is 18.6 Å². The van der Waals surface area contributed by atoms with Gasteiger partial charge in [0.05, 0.1) is 33.8 Å². The smallest absolute Gasteiger partial charge is 0.456 e. The normalized spacial score (nSPS) is 14.0. The Hall–Kier alpha value is -2.03. The van der Waals surface area contributed by atoms with Gasteiger partial charge in [0.2, 0.25) is 5.91 Å². The molecule has 0 saturated carbocycles. The summed E-state index contributed by atoms with van der Waals surface area (Å²) < 4.78 is 30.6. The fourth-order valence-electron chi connectivity index (χ4n) is 8.75. The van der Waals surface area contributed by atoms with E-state index >= 15 is 0 Å². The number of phosphoric acid groups is 1. The van der Waals surface area contributed by atoms with Gasteiger partial charge in [0.15, 0.2) is 0 Å². The van der Waals surface area contributed by atoms with Crippen LogP contribution in [-0.4, -0.2) is 74.3 Å². The first kappa shape index (κ1) is 70.0. The van der Waals surface area contributed by atoms with Crippen LogP contribution < -0.4 is 5.32 Å². The van der Waals surface area contributed by atoms with Crippen LogP contribution in [0.5, 0.6) is 0 Å². The number of nitrogens with zero attached hydrogens (tertiary/aromatic N) is 1. The number of amides is 1. The van der Waals surface area contributed by atoms with Gasteiger partial charge in [0.1, 0.15) is 19.3 Å². The fourth-order valence-corrected chi connectivity index (χ4v) is 9.49. The van der Waals surface area contributed by atoms with Crippen molar-refractivity contribution in [3.63, 3.8) is 0 Å². The van der Waals surface area contributed by atoms with Gasteiger partial charge in [-0.2, -0.15) is 0 Å². The molecule has 0 aromatic heterocycles. The number of allylic oxidation sites excluding steroid dienone is 7. The van der Waals surface area contributed by atoms with Gasteiger partial charge in [-0.15, -0.1) is 0 Å². The van der Waals surface area contributed by atoms with Crippen molar-refractivity contribution >= 4 is 19.7 Å². The maximum absolute atomic E-state index is 13.5. The zero-order valence-corrected chi connectivity index (χ0v) is 49.1. The first-order valence-electron chi connectivity index (χ1n) is 30.5. The molecule has 1 amide bonds. The lowest BCUT2D eigenvalue weighted by atomic mass is 10.0. The molecule has 0 fully saturated rings. The third-order valence-electron chi connectivity index (χ3n) is 13.5. The van der Waals surface area contributed by atoms with Crippen molar-refractivity contribution in [2.75, 3.05) is 40.9 Å². The van der Waals surface area contributed by atoms with Crippen LogP contribution >= 0.6 is 7.82 Å². The summed E-state index contributed by atoms with van der Waals surface area (Å²) in [5.41, 5.74) is 0. The highest BCUT2D eigenvalue weighted by Crippen LogP contribution is 2.43. The van der Waals surface area contributed by atoms with Gasteiger partial charge in [-0.05, 0) is 76.7 Å². The van der Waals surface area contributed by atoms with Crippen molar-refractivity contribution in [3.05, 3.63) is 48.6 Å². The molecule has 3 unspecified atom stereocenters. The molecular formula is C62H118N2O7P+. The lowest BCUT2D eigenvalue weighted by molar-refractivity contribution is -0.870. The molecule has 0 spiro atoms. The quantitative estimate of drug-likeness (QED) is 0.0205. The lowest BCUT2D eigenvalue weighted by Gasteiger charge is -2.27. The summed E-state index contributed by atoms with van der Waals surface area (Å²) in [7, 11) is 1.47. The lowest BCUT2D eigenvalue weighted by Crippen LogP contribution is -2.47. The number of rotatable bonds is 55. The van der Waals surface area contributed by atoms with Crippen LogP contribution in [0.1, 0.15) is 284 Å². The van der Waals surface area contributed by atoms with Crippen LogP contribution in [0, 0.1) is 0 Å².